The van der Waals surface area contributed by atoms with Gasteiger partial charge in [-0.2, -0.15) is 13.5 Å². The Hall–Kier alpha value is -2.19. The molecule has 0 saturated heterocycles. The number of aromatic nitrogens is 2. The topological polar surface area (TPSA) is 185 Å². The second-order valence-electron chi connectivity index (χ2n) is 7.83. The van der Waals surface area contributed by atoms with Crippen LogP contribution in [0, 0.1) is 0 Å². The lowest BCUT2D eigenvalue weighted by atomic mass is 10.1. The Morgan fingerprint density at radius 2 is 2.07 bits per heavy atom. The molecular weight excluding hydrogens is 440 g/mol. The zero-order valence-electron chi connectivity index (χ0n) is 16.4. The van der Waals surface area contributed by atoms with Crippen LogP contribution in [0.25, 0.3) is 10.4 Å². The summed E-state index contributed by atoms with van der Waals surface area (Å²) in [6, 6.07) is 0. The highest BCUT2D eigenvalue weighted by molar-refractivity contribution is 7.94. The third-order valence-electron chi connectivity index (χ3n) is 5.64. The number of hydrogen-bond acceptors (Lipinski definition) is 8. The summed E-state index contributed by atoms with van der Waals surface area (Å²) < 4.78 is 60.4. The highest BCUT2D eigenvalue weighted by Gasteiger charge is 2.62. The quantitative estimate of drug-likeness (QED) is 0.234. The van der Waals surface area contributed by atoms with Gasteiger partial charge in [-0.05, 0) is 31.7 Å². The first-order chi connectivity index (χ1) is 13.9. The molecule has 1 atom stereocenters. The van der Waals surface area contributed by atoms with E-state index in [9.17, 15) is 21.6 Å². The summed E-state index contributed by atoms with van der Waals surface area (Å²) in [6.45, 7) is -0.0862. The monoisotopic (exact) mass is 462 g/mol. The number of fused-ring (bicyclic) bond motifs is 1. The standard InChI is InChI=1S/C15H22N6O7S2/c1-14(8-17-19-16,10-28-30(25,26)27)29(23,24)15(4-5-15)9-21-6-3-11-7-18-20(2)12(11)13(21)22/h7H,3-6,8-10H2,1-2H3,(H,25,26,27). The molecule has 30 heavy (non-hydrogen) atoms. The van der Waals surface area contributed by atoms with Crippen molar-refractivity contribution in [3.05, 3.63) is 27.9 Å². The maximum atomic E-state index is 13.5. The normalized spacial score (nSPS) is 20.2. The number of hydrogen-bond donors (Lipinski definition) is 1. The number of carbonyl (C=O) groups is 1. The molecule has 1 unspecified atom stereocenters. The van der Waals surface area contributed by atoms with Crippen LogP contribution in [-0.4, -0.2) is 77.7 Å². The van der Waals surface area contributed by atoms with E-state index in [1.54, 1.807) is 13.2 Å². The zero-order chi connectivity index (χ0) is 22.4. The van der Waals surface area contributed by atoms with Crippen LogP contribution in [0.5, 0.6) is 0 Å². The maximum absolute atomic E-state index is 13.5. The van der Waals surface area contributed by atoms with Crippen LogP contribution in [0.15, 0.2) is 11.3 Å². The highest BCUT2D eigenvalue weighted by atomic mass is 32.3. The Bertz CT molecular complexity index is 1120. The van der Waals surface area contributed by atoms with Gasteiger partial charge < -0.3 is 4.90 Å². The molecule has 3 rings (SSSR count). The number of sulfone groups is 1. The molecular formula is C15H22N6O7S2. The molecule has 166 valence electrons. The van der Waals surface area contributed by atoms with Crippen molar-refractivity contribution in [1.82, 2.24) is 14.7 Å². The summed E-state index contributed by atoms with van der Waals surface area (Å²) in [7, 11) is -7.44. The SMILES string of the molecule is Cn1ncc2c1C(=O)N(CC1(S(=O)(=O)C(C)(CN=[N+]=[N-])COS(=O)(=O)O)CC1)CC2. The molecule has 0 spiro atoms. The summed E-state index contributed by atoms with van der Waals surface area (Å²) in [5.74, 6) is -0.330. The molecule has 1 aliphatic carbocycles. The van der Waals surface area contributed by atoms with E-state index >= 15 is 0 Å². The lowest BCUT2D eigenvalue weighted by molar-refractivity contribution is 0.0724. The molecule has 1 aromatic heterocycles. The van der Waals surface area contributed by atoms with Gasteiger partial charge in [0.25, 0.3) is 5.91 Å². The van der Waals surface area contributed by atoms with Gasteiger partial charge >= 0.3 is 10.4 Å². The van der Waals surface area contributed by atoms with Crippen molar-refractivity contribution in [3.8, 4) is 0 Å². The smallest absolute Gasteiger partial charge is 0.335 e. The maximum Gasteiger partial charge on any atom is 0.397 e. The molecule has 2 heterocycles. The molecule has 1 saturated carbocycles. The Kier molecular flexibility index (Phi) is 5.62. The highest BCUT2D eigenvalue weighted by Crippen LogP contribution is 2.49. The Labute approximate surface area is 173 Å². The second kappa shape index (κ2) is 7.50. The zero-order valence-corrected chi connectivity index (χ0v) is 18.1. The molecule has 13 nitrogen and oxygen atoms in total. The van der Waals surface area contributed by atoms with E-state index in [-0.39, 0.29) is 25.3 Å². The van der Waals surface area contributed by atoms with Crippen molar-refractivity contribution in [2.24, 2.45) is 12.2 Å². The first kappa shape index (κ1) is 22.5. The molecule has 0 radical (unpaired) electrons. The number of azide groups is 1. The first-order valence-electron chi connectivity index (χ1n) is 9.03. The summed E-state index contributed by atoms with van der Waals surface area (Å²) >= 11 is 0. The van der Waals surface area contributed by atoms with Crippen LogP contribution >= 0.6 is 0 Å². The number of rotatable bonds is 9. The minimum atomic E-state index is -4.91. The Morgan fingerprint density at radius 3 is 2.63 bits per heavy atom. The van der Waals surface area contributed by atoms with E-state index in [0.29, 0.717) is 18.7 Å². The number of amides is 1. The van der Waals surface area contributed by atoms with Gasteiger partial charge in [-0.1, -0.05) is 5.11 Å². The molecule has 1 amide bonds. The molecule has 0 aromatic carbocycles. The van der Waals surface area contributed by atoms with E-state index in [0.717, 1.165) is 5.56 Å². The van der Waals surface area contributed by atoms with Gasteiger partial charge in [0, 0.05) is 37.2 Å². The summed E-state index contributed by atoms with van der Waals surface area (Å²) in [6.07, 6.45) is 2.66. The van der Waals surface area contributed by atoms with Crippen molar-refractivity contribution >= 4 is 26.1 Å². The van der Waals surface area contributed by atoms with Gasteiger partial charge in [0.2, 0.25) is 0 Å². The predicted molar refractivity (Wildman–Crippen MR) is 104 cm³/mol. The molecule has 1 fully saturated rings. The predicted octanol–water partition coefficient (Wildman–Crippen LogP) is 0.254. The van der Waals surface area contributed by atoms with Gasteiger partial charge in [0.05, 0.1) is 17.6 Å². The van der Waals surface area contributed by atoms with Crippen LogP contribution in [0.2, 0.25) is 0 Å². The van der Waals surface area contributed by atoms with E-state index in [1.165, 1.54) is 16.5 Å². The lowest BCUT2D eigenvalue weighted by Crippen LogP contribution is -2.54. The summed E-state index contributed by atoms with van der Waals surface area (Å²) in [5, 5.41) is 7.37. The van der Waals surface area contributed by atoms with Crippen molar-refractivity contribution in [1.29, 1.82) is 0 Å². The minimum Gasteiger partial charge on any atom is -0.335 e. The number of carbonyl (C=O) groups excluding carboxylic acids is 1. The second-order valence-corrected chi connectivity index (χ2v) is 11.8. The van der Waals surface area contributed by atoms with Gasteiger partial charge in [0.1, 0.15) is 10.4 Å². The average Bonchev–Trinajstić information content (AvgIpc) is 3.36. The molecule has 1 N–H and O–H groups in total. The van der Waals surface area contributed by atoms with E-state index in [4.69, 9.17) is 10.1 Å². The third-order valence-corrected chi connectivity index (χ3v) is 9.28. The molecule has 15 heteroatoms. The van der Waals surface area contributed by atoms with Crippen LogP contribution in [0.1, 0.15) is 35.8 Å². The lowest BCUT2D eigenvalue weighted by Gasteiger charge is -2.35. The van der Waals surface area contributed by atoms with Crippen LogP contribution in [-0.2, 0) is 37.9 Å². The molecule has 2 aliphatic rings. The summed E-state index contributed by atoms with van der Waals surface area (Å²) in [5.41, 5.74) is 9.83. The van der Waals surface area contributed by atoms with Crippen LogP contribution in [0.4, 0.5) is 0 Å². The van der Waals surface area contributed by atoms with Crippen molar-refractivity contribution in [2.75, 3.05) is 26.2 Å². The van der Waals surface area contributed by atoms with E-state index in [2.05, 4.69) is 19.3 Å². The number of aryl methyl sites for hydroxylation is 1. The minimum absolute atomic E-state index is 0.0868. The van der Waals surface area contributed by atoms with Gasteiger partial charge in [-0.3, -0.25) is 14.0 Å². The average molecular weight is 463 g/mol. The van der Waals surface area contributed by atoms with E-state index < -0.39 is 42.9 Å². The fourth-order valence-corrected chi connectivity index (χ4v) is 6.65. The van der Waals surface area contributed by atoms with Gasteiger partial charge in [-0.15, -0.1) is 0 Å². The van der Waals surface area contributed by atoms with Gasteiger partial charge in [-0.25, -0.2) is 12.6 Å². The molecule has 1 aromatic rings. The van der Waals surface area contributed by atoms with Gasteiger partial charge in [0.15, 0.2) is 9.84 Å². The fourth-order valence-electron chi connectivity index (χ4n) is 3.71. The third kappa shape index (κ3) is 3.90. The Balaban J connectivity index is 1.89. The van der Waals surface area contributed by atoms with Crippen LogP contribution in [0.3, 0.4) is 0 Å². The number of nitrogens with zero attached hydrogens (tertiary/aromatic N) is 6. The molecule has 0 bridgehead atoms. The van der Waals surface area contributed by atoms with E-state index in [1.807, 2.05) is 0 Å². The van der Waals surface area contributed by atoms with Crippen molar-refractivity contribution < 1.29 is 30.4 Å². The summed E-state index contributed by atoms with van der Waals surface area (Å²) in [4.78, 5) is 16.9. The fraction of sp³-hybridized carbons (Fsp3) is 0.733. The first-order valence-corrected chi connectivity index (χ1v) is 11.9. The van der Waals surface area contributed by atoms with Crippen molar-refractivity contribution in [2.45, 2.75) is 35.7 Å². The molecule has 1 aliphatic heterocycles. The largest absolute Gasteiger partial charge is 0.397 e. The Morgan fingerprint density at radius 1 is 1.40 bits per heavy atom. The van der Waals surface area contributed by atoms with Crippen LogP contribution < -0.4 is 0 Å². The van der Waals surface area contributed by atoms with Crippen molar-refractivity contribution in [3.63, 3.8) is 0 Å².